The van der Waals surface area contributed by atoms with Crippen LogP contribution in [0.4, 0.5) is 0 Å². The van der Waals surface area contributed by atoms with Gasteiger partial charge in [0.05, 0.1) is 19.3 Å². The van der Waals surface area contributed by atoms with Crippen LogP contribution in [-0.2, 0) is 11.3 Å². The summed E-state index contributed by atoms with van der Waals surface area (Å²) >= 11 is 1.64. The molecule has 0 radical (unpaired) electrons. The number of nitrogens with zero attached hydrogens (tertiary/aromatic N) is 3. The smallest absolute Gasteiger partial charge is 0.126 e. The molecule has 0 aromatic carbocycles. The van der Waals surface area contributed by atoms with E-state index in [2.05, 4.69) is 10.1 Å². The van der Waals surface area contributed by atoms with Crippen molar-refractivity contribution in [3.8, 4) is 10.6 Å². The fourth-order valence-corrected chi connectivity index (χ4v) is 2.04. The first-order valence-corrected chi connectivity index (χ1v) is 7.61. The summed E-state index contributed by atoms with van der Waals surface area (Å²) < 4.78 is 6.86. The maximum atomic E-state index is 4.99. The highest BCUT2D eigenvalue weighted by molar-refractivity contribution is 7.13. The van der Waals surface area contributed by atoms with Crippen molar-refractivity contribution < 1.29 is 4.74 Å². The normalized spacial score (nSPS) is 9.16. The summed E-state index contributed by atoms with van der Waals surface area (Å²) in [4.78, 5) is 4.41. The Morgan fingerprint density at radius 1 is 1.26 bits per heavy atom. The van der Waals surface area contributed by atoms with Crippen LogP contribution in [0.25, 0.3) is 10.6 Å². The second kappa shape index (κ2) is 10.7. The molecule has 0 fully saturated rings. The highest BCUT2D eigenvalue weighted by Gasteiger charge is 2.05. The van der Waals surface area contributed by atoms with Gasteiger partial charge in [-0.05, 0) is 6.92 Å². The molecule has 108 valence electrons. The largest absolute Gasteiger partial charge is 0.383 e. The van der Waals surface area contributed by atoms with Crippen LogP contribution >= 0.6 is 11.3 Å². The molecule has 0 saturated heterocycles. The molecule has 0 spiro atoms. The zero-order valence-electron chi connectivity index (χ0n) is 12.8. The molecule has 0 bridgehead atoms. The minimum absolute atomic E-state index is 0.679. The Morgan fingerprint density at radius 3 is 2.47 bits per heavy atom. The van der Waals surface area contributed by atoms with Crippen LogP contribution < -0.4 is 0 Å². The molecular formula is C14H25N3OS. The summed E-state index contributed by atoms with van der Waals surface area (Å²) in [5, 5.41) is 7.31. The fourth-order valence-electron chi connectivity index (χ4n) is 1.27. The van der Waals surface area contributed by atoms with Gasteiger partial charge in [0.2, 0.25) is 0 Å². The molecule has 2 aromatic rings. The van der Waals surface area contributed by atoms with Gasteiger partial charge in [-0.25, -0.2) is 4.98 Å². The maximum absolute atomic E-state index is 4.99. The van der Waals surface area contributed by atoms with Crippen LogP contribution in [-0.4, -0.2) is 28.5 Å². The summed E-state index contributed by atoms with van der Waals surface area (Å²) in [5.74, 6) is 0. The van der Waals surface area contributed by atoms with E-state index in [9.17, 15) is 0 Å². The standard InChI is InChI=1S/C10H13N3OS.2C2H6/c1-8-7-15-10(12-8)9-5-11-13(6-9)3-4-14-2;2*1-2/h5-7H,3-4H2,1-2H3;2*1-2H3. The van der Waals surface area contributed by atoms with Gasteiger partial charge >= 0.3 is 0 Å². The number of aryl methyl sites for hydroxylation is 1. The lowest BCUT2D eigenvalue weighted by atomic mass is 10.4. The third-order valence-corrected chi connectivity index (χ3v) is 3.03. The van der Waals surface area contributed by atoms with Crippen LogP contribution in [0.2, 0.25) is 0 Å². The number of hydrogen-bond acceptors (Lipinski definition) is 4. The van der Waals surface area contributed by atoms with Crippen LogP contribution in [0, 0.1) is 6.92 Å². The molecule has 0 N–H and O–H groups in total. The Kier molecular flexibility index (Phi) is 10.0. The predicted octanol–water partition coefficient (Wildman–Crippen LogP) is 4.01. The van der Waals surface area contributed by atoms with Gasteiger partial charge in [-0.3, -0.25) is 4.68 Å². The van der Waals surface area contributed by atoms with Crippen molar-refractivity contribution in [2.45, 2.75) is 41.2 Å². The summed E-state index contributed by atoms with van der Waals surface area (Å²) in [6.07, 6.45) is 3.84. The molecule has 0 unspecified atom stereocenters. The first kappa shape index (κ1) is 17.8. The van der Waals surface area contributed by atoms with Gasteiger partial charge in [0, 0.05) is 29.9 Å². The second-order valence-corrected chi connectivity index (χ2v) is 4.14. The minimum Gasteiger partial charge on any atom is -0.383 e. The number of rotatable bonds is 4. The van der Waals surface area contributed by atoms with Crippen molar-refractivity contribution in [2.75, 3.05) is 13.7 Å². The summed E-state index contributed by atoms with van der Waals surface area (Å²) in [7, 11) is 1.69. The quantitative estimate of drug-likeness (QED) is 0.851. The number of thiazole rings is 1. The van der Waals surface area contributed by atoms with E-state index < -0.39 is 0 Å². The number of methoxy groups -OCH3 is 1. The molecule has 0 saturated carbocycles. The molecule has 4 nitrogen and oxygen atoms in total. The highest BCUT2D eigenvalue weighted by Crippen LogP contribution is 2.22. The van der Waals surface area contributed by atoms with E-state index in [0.29, 0.717) is 6.61 Å². The summed E-state index contributed by atoms with van der Waals surface area (Å²) in [6, 6.07) is 0. The molecule has 2 rings (SSSR count). The lowest BCUT2D eigenvalue weighted by Crippen LogP contribution is -2.03. The zero-order chi connectivity index (χ0) is 14.7. The highest BCUT2D eigenvalue weighted by atomic mass is 32.1. The molecular weight excluding hydrogens is 258 g/mol. The van der Waals surface area contributed by atoms with Gasteiger partial charge in [-0.2, -0.15) is 5.10 Å². The van der Waals surface area contributed by atoms with Crippen LogP contribution in [0.15, 0.2) is 17.8 Å². The van der Waals surface area contributed by atoms with Crippen LogP contribution in [0.1, 0.15) is 33.4 Å². The Bertz CT molecular complexity index is 437. The first-order valence-electron chi connectivity index (χ1n) is 6.73. The van der Waals surface area contributed by atoms with E-state index in [1.807, 2.05) is 57.1 Å². The second-order valence-electron chi connectivity index (χ2n) is 3.28. The molecule has 19 heavy (non-hydrogen) atoms. The molecule has 2 aromatic heterocycles. The van der Waals surface area contributed by atoms with Gasteiger partial charge in [0.25, 0.3) is 0 Å². The summed E-state index contributed by atoms with van der Waals surface area (Å²) in [6.45, 7) is 11.5. The van der Waals surface area contributed by atoms with Gasteiger partial charge in [0.1, 0.15) is 5.01 Å². The molecule has 2 heterocycles. The third kappa shape index (κ3) is 5.98. The van der Waals surface area contributed by atoms with Gasteiger partial charge < -0.3 is 4.74 Å². The Hall–Kier alpha value is -1.20. The average molecular weight is 283 g/mol. The van der Waals surface area contributed by atoms with E-state index in [-0.39, 0.29) is 0 Å². The Morgan fingerprint density at radius 2 is 1.95 bits per heavy atom. The van der Waals surface area contributed by atoms with Crippen molar-refractivity contribution in [2.24, 2.45) is 0 Å². The minimum atomic E-state index is 0.679. The SMILES string of the molecule is CC.CC.COCCn1cc(-c2nc(C)cs2)cn1. The van der Waals surface area contributed by atoms with E-state index in [4.69, 9.17) is 4.74 Å². The Labute approximate surface area is 120 Å². The van der Waals surface area contributed by atoms with Crippen molar-refractivity contribution in [1.29, 1.82) is 0 Å². The predicted molar refractivity (Wildman–Crippen MR) is 82.6 cm³/mol. The lowest BCUT2D eigenvalue weighted by molar-refractivity contribution is 0.183. The molecule has 0 aliphatic rings. The molecule has 0 atom stereocenters. The van der Waals surface area contributed by atoms with E-state index >= 15 is 0 Å². The monoisotopic (exact) mass is 283 g/mol. The van der Waals surface area contributed by atoms with E-state index in [0.717, 1.165) is 22.8 Å². The van der Waals surface area contributed by atoms with Crippen molar-refractivity contribution in [3.05, 3.63) is 23.5 Å². The maximum Gasteiger partial charge on any atom is 0.126 e. The van der Waals surface area contributed by atoms with Crippen molar-refractivity contribution >= 4 is 11.3 Å². The Balaban J connectivity index is 0.000000741. The average Bonchev–Trinajstić information content (AvgIpc) is 3.09. The topological polar surface area (TPSA) is 39.9 Å². The number of hydrogen-bond donors (Lipinski definition) is 0. The third-order valence-electron chi connectivity index (χ3n) is 2.02. The number of ether oxygens (including phenoxy) is 1. The fraction of sp³-hybridized carbons (Fsp3) is 0.571. The molecule has 5 heteroatoms. The van der Waals surface area contributed by atoms with Crippen molar-refractivity contribution in [3.63, 3.8) is 0 Å². The van der Waals surface area contributed by atoms with Crippen molar-refractivity contribution in [1.82, 2.24) is 14.8 Å². The zero-order valence-corrected chi connectivity index (χ0v) is 13.6. The lowest BCUT2D eigenvalue weighted by Gasteiger charge is -1.97. The first-order chi connectivity index (χ1) is 9.29. The summed E-state index contributed by atoms with van der Waals surface area (Å²) in [5.41, 5.74) is 2.13. The van der Waals surface area contributed by atoms with Gasteiger partial charge in [-0.1, -0.05) is 27.7 Å². The molecule has 0 aliphatic heterocycles. The van der Waals surface area contributed by atoms with Gasteiger partial charge in [-0.15, -0.1) is 11.3 Å². The van der Waals surface area contributed by atoms with Crippen LogP contribution in [0.5, 0.6) is 0 Å². The van der Waals surface area contributed by atoms with Crippen LogP contribution in [0.3, 0.4) is 0 Å². The molecule has 0 amide bonds. The van der Waals surface area contributed by atoms with Gasteiger partial charge in [0.15, 0.2) is 0 Å². The van der Waals surface area contributed by atoms with E-state index in [1.54, 1.807) is 18.4 Å². The number of aromatic nitrogens is 3. The van der Waals surface area contributed by atoms with E-state index in [1.165, 1.54) is 0 Å². The molecule has 0 aliphatic carbocycles.